The Bertz CT molecular complexity index is 300. The predicted octanol–water partition coefficient (Wildman–Crippen LogP) is 0.438. The van der Waals surface area contributed by atoms with E-state index in [0.717, 1.165) is 0 Å². The molecule has 1 N–H and O–H groups in total. The van der Waals surface area contributed by atoms with Crippen molar-refractivity contribution in [2.75, 3.05) is 11.5 Å². The summed E-state index contributed by atoms with van der Waals surface area (Å²) in [4.78, 5) is 0. The zero-order valence-corrected chi connectivity index (χ0v) is 8.48. The Balaban J connectivity index is 3.03. The number of hydrogen-bond donors (Lipinski definition) is 1. The SMILES string of the molecule is [2H]C1(O)CS(=O)(=O)CC1C(C)(C)C. The summed E-state index contributed by atoms with van der Waals surface area (Å²) < 4.78 is 30.0. The Hall–Kier alpha value is -0.0900. The van der Waals surface area contributed by atoms with Gasteiger partial charge in [-0.1, -0.05) is 20.8 Å². The molecule has 0 spiro atoms. The topological polar surface area (TPSA) is 54.4 Å². The second-order valence-corrected chi connectivity index (χ2v) is 6.57. The third-order valence-corrected chi connectivity index (χ3v) is 3.81. The van der Waals surface area contributed by atoms with Gasteiger partial charge in [0, 0.05) is 5.92 Å². The van der Waals surface area contributed by atoms with Crippen molar-refractivity contribution in [3.05, 3.63) is 0 Å². The summed E-state index contributed by atoms with van der Waals surface area (Å²) in [5, 5.41) is 9.61. The highest BCUT2D eigenvalue weighted by Gasteiger charge is 2.42. The molecule has 1 aliphatic rings. The first-order chi connectivity index (χ1) is 5.55. The summed E-state index contributed by atoms with van der Waals surface area (Å²) >= 11 is 0. The second-order valence-electron chi connectivity index (χ2n) is 4.46. The predicted molar refractivity (Wildman–Crippen MR) is 47.6 cm³/mol. The van der Waals surface area contributed by atoms with Crippen LogP contribution in [0.5, 0.6) is 0 Å². The molecule has 0 amide bonds. The van der Waals surface area contributed by atoms with Gasteiger partial charge in [0.1, 0.15) is 0 Å². The Morgan fingerprint density at radius 1 is 1.42 bits per heavy atom. The van der Waals surface area contributed by atoms with E-state index < -0.39 is 27.6 Å². The van der Waals surface area contributed by atoms with Gasteiger partial charge in [0.2, 0.25) is 0 Å². The molecule has 1 fully saturated rings. The lowest BCUT2D eigenvalue weighted by Crippen LogP contribution is -2.30. The molecule has 1 saturated heterocycles. The lowest BCUT2D eigenvalue weighted by atomic mass is 9.79. The normalized spacial score (nSPS) is 42.7. The molecular weight excluding hydrogens is 176 g/mol. The van der Waals surface area contributed by atoms with Crippen molar-refractivity contribution in [1.29, 1.82) is 0 Å². The Morgan fingerprint density at radius 2 is 1.92 bits per heavy atom. The number of aliphatic hydroxyl groups is 1. The van der Waals surface area contributed by atoms with Crippen LogP contribution < -0.4 is 0 Å². The van der Waals surface area contributed by atoms with Crippen LogP contribution in [0.2, 0.25) is 0 Å². The zero-order valence-electron chi connectivity index (χ0n) is 8.66. The highest BCUT2D eigenvalue weighted by Crippen LogP contribution is 2.34. The summed E-state index contributed by atoms with van der Waals surface area (Å²) in [6.45, 7) is 5.54. The fourth-order valence-corrected chi connectivity index (χ4v) is 3.45. The highest BCUT2D eigenvalue weighted by atomic mass is 32.2. The standard InChI is InChI=1S/C8H16O3S/c1-8(2,3)6-4-12(10,11)5-7(6)9/h6-7,9H,4-5H2,1-3H3/i7D. The van der Waals surface area contributed by atoms with Crippen LogP contribution in [0.4, 0.5) is 0 Å². The van der Waals surface area contributed by atoms with Crippen LogP contribution in [0, 0.1) is 11.3 Å². The van der Waals surface area contributed by atoms with E-state index in [0.29, 0.717) is 0 Å². The molecule has 2 unspecified atom stereocenters. The van der Waals surface area contributed by atoms with Gasteiger partial charge in [-0.3, -0.25) is 0 Å². The van der Waals surface area contributed by atoms with Gasteiger partial charge in [-0.2, -0.15) is 0 Å². The second kappa shape index (κ2) is 2.70. The number of rotatable bonds is 0. The summed E-state index contributed by atoms with van der Waals surface area (Å²) in [5.41, 5.74) is -0.347. The average Bonchev–Trinajstić information content (AvgIpc) is 1.97. The van der Waals surface area contributed by atoms with E-state index in [9.17, 15) is 13.5 Å². The molecule has 0 saturated carbocycles. The largest absolute Gasteiger partial charge is 0.392 e. The Morgan fingerprint density at radius 3 is 2.08 bits per heavy atom. The van der Waals surface area contributed by atoms with Crippen molar-refractivity contribution in [2.45, 2.75) is 26.9 Å². The molecule has 2 atom stereocenters. The molecule has 3 nitrogen and oxygen atoms in total. The molecule has 1 rings (SSSR count). The zero-order chi connectivity index (χ0) is 10.5. The van der Waals surface area contributed by atoms with Crippen molar-refractivity contribution in [2.24, 2.45) is 11.3 Å². The molecule has 4 heteroatoms. The summed E-state index contributed by atoms with van der Waals surface area (Å²) in [6, 6.07) is 0. The Labute approximate surface area is 75.1 Å². The maximum Gasteiger partial charge on any atom is 0.153 e. The minimum atomic E-state index is -3.22. The molecule has 72 valence electrons. The van der Waals surface area contributed by atoms with E-state index in [4.69, 9.17) is 1.37 Å². The maximum atomic E-state index is 11.2. The quantitative estimate of drug-likeness (QED) is 0.607. The third kappa shape index (κ3) is 1.98. The Kier molecular flexibility index (Phi) is 1.92. The first kappa shape index (κ1) is 8.51. The van der Waals surface area contributed by atoms with Gasteiger partial charge in [0.25, 0.3) is 0 Å². The molecule has 0 aromatic rings. The van der Waals surface area contributed by atoms with Crippen molar-refractivity contribution < 1.29 is 14.9 Å². The average molecular weight is 193 g/mol. The van der Waals surface area contributed by atoms with Crippen LogP contribution in [-0.2, 0) is 9.84 Å². The van der Waals surface area contributed by atoms with Crippen molar-refractivity contribution in [1.82, 2.24) is 0 Å². The minimum absolute atomic E-state index is 0.0729. The molecular formula is C8H16O3S. The molecule has 12 heavy (non-hydrogen) atoms. The van der Waals surface area contributed by atoms with Gasteiger partial charge in [-0.25, -0.2) is 8.42 Å². The van der Waals surface area contributed by atoms with Gasteiger partial charge in [0.05, 0.1) is 19.0 Å². The van der Waals surface area contributed by atoms with E-state index in [1.165, 1.54) is 0 Å². The van der Waals surface area contributed by atoms with Gasteiger partial charge < -0.3 is 5.11 Å². The third-order valence-electron chi connectivity index (χ3n) is 2.24. The lowest BCUT2D eigenvalue weighted by Gasteiger charge is -2.28. The molecule has 1 aliphatic heterocycles. The molecule has 0 aromatic carbocycles. The van der Waals surface area contributed by atoms with Crippen molar-refractivity contribution in [3.63, 3.8) is 0 Å². The van der Waals surface area contributed by atoms with Crippen LogP contribution in [0.25, 0.3) is 0 Å². The van der Waals surface area contributed by atoms with Crippen LogP contribution in [-0.4, -0.2) is 31.1 Å². The minimum Gasteiger partial charge on any atom is -0.392 e. The maximum absolute atomic E-state index is 11.2. The lowest BCUT2D eigenvalue weighted by molar-refractivity contribution is 0.0829. The van der Waals surface area contributed by atoms with Crippen LogP contribution in [0.1, 0.15) is 22.1 Å². The van der Waals surface area contributed by atoms with Crippen LogP contribution in [0.3, 0.4) is 0 Å². The molecule has 0 aliphatic carbocycles. The smallest absolute Gasteiger partial charge is 0.153 e. The van der Waals surface area contributed by atoms with E-state index in [1.807, 2.05) is 20.8 Å². The van der Waals surface area contributed by atoms with Crippen LogP contribution >= 0.6 is 0 Å². The van der Waals surface area contributed by atoms with Crippen molar-refractivity contribution in [3.8, 4) is 0 Å². The molecule has 0 aromatic heterocycles. The summed E-state index contributed by atoms with van der Waals surface area (Å²) in [6.07, 6.45) is -1.81. The summed E-state index contributed by atoms with van der Waals surface area (Å²) in [5.74, 6) is -0.997. The molecule has 0 bridgehead atoms. The highest BCUT2D eigenvalue weighted by molar-refractivity contribution is 7.91. The van der Waals surface area contributed by atoms with Gasteiger partial charge >= 0.3 is 0 Å². The fourth-order valence-electron chi connectivity index (χ4n) is 1.48. The number of hydrogen-bond acceptors (Lipinski definition) is 3. The van der Waals surface area contributed by atoms with E-state index >= 15 is 0 Å². The van der Waals surface area contributed by atoms with E-state index in [1.54, 1.807) is 0 Å². The van der Waals surface area contributed by atoms with E-state index in [-0.39, 0.29) is 11.2 Å². The molecule has 1 heterocycles. The number of sulfone groups is 1. The van der Waals surface area contributed by atoms with Crippen LogP contribution in [0.15, 0.2) is 0 Å². The first-order valence-electron chi connectivity index (χ1n) is 4.47. The van der Waals surface area contributed by atoms with Gasteiger partial charge in [0.15, 0.2) is 9.84 Å². The van der Waals surface area contributed by atoms with Gasteiger partial charge in [-0.15, -0.1) is 0 Å². The monoisotopic (exact) mass is 193 g/mol. The molecule has 0 radical (unpaired) electrons. The fraction of sp³-hybridized carbons (Fsp3) is 1.00. The van der Waals surface area contributed by atoms with Gasteiger partial charge in [-0.05, 0) is 5.41 Å². The van der Waals surface area contributed by atoms with E-state index in [2.05, 4.69) is 0 Å². The van der Waals surface area contributed by atoms with Crippen molar-refractivity contribution >= 4 is 9.84 Å². The summed E-state index contributed by atoms with van der Waals surface area (Å²) in [7, 11) is -3.22. The first-order valence-corrected chi connectivity index (χ1v) is 5.79.